The van der Waals surface area contributed by atoms with E-state index in [-0.39, 0.29) is 5.56 Å². The van der Waals surface area contributed by atoms with Crippen LogP contribution in [0.4, 0.5) is 17.2 Å². The highest BCUT2D eigenvalue weighted by molar-refractivity contribution is 5.81. The number of nitrogens with one attached hydrogen (secondary N) is 1. The minimum absolute atomic E-state index is 0.0894. The van der Waals surface area contributed by atoms with Crippen molar-refractivity contribution >= 4 is 28.1 Å². The number of fused-ring (bicyclic) bond motifs is 1. The summed E-state index contributed by atoms with van der Waals surface area (Å²) in [6.07, 6.45) is 9.00. The molecule has 0 unspecified atom stereocenters. The average Bonchev–Trinajstić information content (AvgIpc) is 3.43. The third kappa shape index (κ3) is 3.26. The van der Waals surface area contributed by atoms with Gasteiger partial charge in [0.15, 0.2) is 0 Å². The quantitative estimate of drug-likeness (QED) is 0.709. The maximum absolute atomic E-state index is 12.6. The standard InChI is InChI=1S/C23H26N4O/c28-23-12-7-17-16-24-22(15-21(17)27(23)20-5-1-2-6-20)25-18-8-10-19(11-9-18)26-13-3-4-14-26/h7-12,15-16,20H,1-6,13-14H2,(H,24,25). The van der Waals surface area contributed by atoms with Crippen LogP contribution in [0.15, 0.2) is 53.5 Å². The third-order valence-electron chi connectivity index (χ3n) is 6.12. The van der Waals surface area contributed by atoms with Crippen molar-refractivity contribution in [2.75, 3.05) is 23.3 Å². The lowest BCUT2D eigenvalue weighted by Crippen LogP contribution is -2.22. The number of benzene rings is 1. The highest BCUT2D eigenvalue weighted by Crippen LogP contribution is 2.31. The van der Waals surface area contributed by atoms with E-state index >= 15 is 0 Å². The minimum Gasteiger partial charge on any atom is -0.372 e. The molecule has 0 spiro atoms. The SMILES string of the molecule is O=c1ccc2cnc(Nc3ccc(N4CCCC4)cc3)cc2n1C1CCCC1. The number of anilines is 3. The first-order chi connectivity index (χ1) is 13.8. The van der Waals surface area contributed by atoms with E-state index in [0.717, 1.165) is 48.3 Å². The van der Waals surface area contributed by atoms with E-state index in [1.807, 2.05) is 22.9 Å². The molecule has 5 heteroatoms. The smallest absolute Gasteiger partial charge is 0.251 e. The van der Waals surface area contributed by atoms with Gasteiger partial charge in [0.1, 0.15) is 5.82 Å². The Morgan fingerprint density at radius 3 is 2.43 bits per heavy atom. The van der Waals surface area contributed by atoms with Crippen LogP contribution >= 0.6 is 0 Å². The second-order valence-corrected chi connectivity index (χ2v) is 7.97. The molecule has 5 nitrogen and oxygen atoms in total. The van der Waals surface area contributed by atoms with E-state index < -0.39 is 0 Å². The molecule has 0 atom stereocenters. The summed E-state index contributed by atoms with van der Waals surface area (Å²) in [4.78, 5) is 19.6. The number of nitrogens with zero attached hydrogens (tertiary/aromatic N) is 3. The van der Waals surface area contributed by atoms with Crippen LogP contribution in [0, 0.1) is 0 Å². The Morgan fingerprint density at radius 1 is 0.929 bits per heavy atom. The molecule has 28 heavy (non-hydrogen) atoms. The zero-order valence-corrected chi connectivity index (χ0v) is 16.1. The zero-order valence-electron chi connectivity index (χ0n) is 16.1. The van der Waals surface area contributed by atoms with E-state index in [1.165, 1.54) is 31.4 Å². The topological polar surface area (TPSA) is 50.2 Å². The Balaban J connectivity index is 1.44. The molecule has 2 aromatic heterocycles. The molecule has 1 N–H and O–H groups in total. The van der Waals surface area contributed by atoms with Gasteiger partial charge in [0, 0.05) is 54.2 Å². The molecule has 1 aliphatic heterocycles. The van der Waals surface area contributed by atoms with E-state index in [4.69, 9.17) is 0 Å². The molecule has 1 saturated carbocycles. The Kier molecular flexibility index (Phi) is 4.51. The highest BCUT2D eigenvalue weighted by Gasteiger charge is 2.20. The molecule has 0 amide bonds. The fourth-order valence-electron chi connectivity index (χ4n) is 4.64. The van der Waals surface area contributed by atoms with Crippen LogP contribution in [0.5, 0.6) is 0 Å². The lowest BCUT2D eigenvalue weighted by atomic mass is 10.2. The predicted octanol–water partition coefficient (Wildman–Crippen LogP) is 4.86. The van der Waals surface area contributed by atoms with E-state index in [1.54, 1.807) is 6.07 Å². The summed E-state index contributed by atoms with van der Waals surface area (Å²) in [5, 5.41) is 4.42. The van der Waals surface area contributed by atoms with Gasteiger partial charge in [-0.3, -0.25) is 4.79 Å². The van der Waals surface area contributed by atoms with Gasteiger partial charge >= 0.3 is 0 Å². The van der Waals surface area contributed by atoms with Crippen LogP contribution in [0.3, 0.4) is 0 Å². The van der Waals surface area contributed by atoms with E-state index in [0.29, 0.717) is 6.04 Å². The Hall–Kier alpha value is -2.82. The molecular formula is C23H26N4O. The summed E-state index contributed by atoms with van der Waals surface area (Å²) in [5.74, 6) is 0.777. The summed E-state index contributed by atoms with van der Waals surface area (Å²) >= 11 is 0. The van der Waals surface area contributed by atoms with Crippen LogP contribution in [-0.2, 0) is 0 Å². The molecule has 5 rings (SSSR count). The number of rotatable bonds is 4. The number of hydrogen-bond donors (Lipinski definition) is 1. The number of aromatic nitrogens is 2. The molecule has 1 aliphatic carbocycles. The van der Waals surface area contributed by atoms with Crippen molar-refractivity contribution in [3.8, 4) is 0 Å². The van der Waals surface area contributed by atoms with Crippen LogP contribution in [-0.4, -0.2) is 22.6 Å². The van der Waals surface area contributed by atoms with Crippen LogP contribution in [0.25, 0.3) is 10.9 Å². The second-order valence-electron chi connectivity index (χ2n) is 7.97. The van der Waals surface area contributed by atoms with Gasteiger partial charge < -0.3 is 14.8 Å². The van der Waals surface area contributed by atoms with Crippen molar-refractivity contribution in [1.29, 1.82) is 0 Å². The average molecular weight is 374 g/mol. The molecule has 144 valence electrons. The summed E-state index contributed by atoms with van der Waals surface area (Å²) in [6, 6.07) is 14.4. The summed E-state index contributed by atoms with van der Waals surface area (Å²) in [7, 11) is 0. The first kappa shape index (κ1) is 17.3. The lowest BCUT2D eigenvalue weighted by Gasteiger charge is -2.18. The van der Waals surface area contributed by atoms with E-state index in [2.05, 4.69) is 39.5 Å². The Morgan fingerprint density at radius 2 is 1.68 bits per heavy atom. The first-order valence-electron chi connectivity index (χ1n) is 10.4. The predicted molar refractivity (Wildman–Crippen MR) is 115 cm³/mol. The van der Waals surface area contributed by atoms with Crippen molar-refractivity contribution in [2.45, 2.75) is 44.6 Å². The van der Waals surface area contributed by atoms with Crippen molar-refractivity contribution < 1.29 is 0 Å². The Labute approximate surface area is 165 Å². The van der Waals surface area contributed by atoms with Crippen molar-refractivity contribution in [3.05, 3.63) is 59.0 Å². The monoisotopic (exact) mass is 374 g/mol. The zero-order chi connectivity index (χ0) is 18.9. The molecule has 2 fully saturated rings. The first-order valence-corrected chi connectivity index (χ1v) is 10.4. The third-order valence-corrected chi connectivity index (χ3v) is 6.12. The van der Waals surface area contributed by atoms with Crippen LogP contribution in [0.2, 0.25) is 0 Å². The maximum atomic E-state index is 12.6. The molecule has 0 bridgehead atoms. The van der Waals surface area contributed by atoms with Gasteiger partial charge in [-0.25, -0.2) is 4.98 Å². The largest absolute Gasteiger partial charge is 0.372 e. The molecule has 1 saturated heterocycles. The molecule has 1 aromatic carbocycles. The van der Waals surface area contributed by atoms with Gasteiger partial charge in [-0.05, 0) is 56.0 Å². The number of pyridine rings is 2. The molecule has 3 aromatic rings. The molecule has 0 radical (unpaired) electrons. The van der Waals surface area contributed by atoms with E-state index in [9.17, 15) is 4.79 Å². The van der Waals surface area contributed by atoms with Gasteiger partial charge in [0.2, 0.25) is 0 Å². The second kappa shape index (κ2) is 7.30. The normalized spacial score (nSPS) is 17.5. The van der Waals surface area contributed by atoms with Gasteiger partial charge in [-0.2, -0.15) is 0 Å². The van der Waals surface area contributed by atoms with Gasteiger partial charge in [0.25, 0.3) is 5.56 Å². The van der Waals surface area contributed by atoms with Gasteiger partial charge in [0.05, 0.1) is 5.52 Å². The van der Waals surface area contributed by atoms with Gasteiger partial charge in [-0.15, -0.1) is 0 Å². The number of hydrogen-bond acceptors (Lipinski definition) is 4. The summed E-state index contributed by atoms with van der Waals surface area (Å²) in [5.41, 5.74) is 3.36. The highest BCUT2D eigenvalue weighted by atomic mass is 16.1. The van der Waals surface area contributed by atoms with Crippen LogP contribution in [0.1, 0.15) is 44.6 Å². The van der Waals surface area contributed by atoms with Gasteiger partial charge in [-0.1, -0.05) is 12.8 Å². The summed E-state index contributed by atoms with van der Waals surface area (Å²) < 4.78 is 1.98. The molecule has 3 heterocycles. The minimum atomic E-state index is 0.0894. The molecular weight excluding hydrogens is 348 g/mol. The fourth-order valence-corrected chi connectivity index (χ4v) is 4.64. The molecule has 2 aliphatic rings. The van der Waals surface area contributed by atoms with Crippen molar-refractivity contribution in [3.63, 3.8) is 0 Å². The van der Waals surface area contributed by atoms with Crippen LogP contribution < -0.4 is 15.8 Å². The lowest BCUT2D eigenvalue weighted by molar-refractivity contribution is 0.519. The summed E-state index contributed by atoms with van der Waals surface area (Å²) in [6.45, 7) is 2.30. The van der Waals surface area contributed by atoms with Crippen molar-refractivity contribution in [1.82, 2.24) is 9.55 Å². The Bertz CT molecular complexity index is 1030. The van der Waals surface area contributed by atoms with Crippen molar-refractivity contribution in [2.24, 2.45) is 0 Å². The fraction of sp³-hybridized carbons (Fsp3) is 0.391. The maximum Gasteiger partial charge on any atom is 0.251 e.